The number of hydrogen-bond acceptors (Lipinski definition) is 4. The largest absolute Gasteiger partial charge is 0.399 e. The minimum absolute atomic E-state index is 0.382. The minimum Gasteiger partial charge on any atom is -0.399 e. The number of nitrogens with zero attached hydrogens (tertiary/aromatic N) is 2. The molecule has 0 unspecified atom stereocenters. The van der Waals surface area contributed by atoms with E-state index in [1.807, 2.05) is 37.3 Å². The molecule has 4 nitrogen and oxygen atoms in total. The zero-order valence-corrected chi connectivity index (χ0v) is 10.9. The molecule has 0 fully saturated rings. The molecule has 1 aromatic carbocycles. The summed E-state index contributed by atoms with van der Waals surface area (Å²) >= 11 is 0. The van der Waals surface area contributed by atoms with Crippen LogP contribution in [-0.4, -0.2) is 9.97 Å². The lowest BCUT2D eigenvalue weighted by Gasteiger charge is -2.10. The predicted molar refractivity (Wildman–Crippen MR) is 75.0 cm³/mol. The summed E-state index contributed by atoms with van der Waals surface area (Å²) in [5, 5.41) is 3.18. The zero-order valence-electron chi connectivity index (χ0n) is 10.9. The van der Waals surface area contributed by atoms with Gasteiger partial charge in [-0.15, -0.1) is 0 Å². The molecule has 18 heavy (non-hydrogen) atoms. The Kier molecular flexibility index (Phi) is 3.46. The van der Waals surface area contributed by atoms with Crippen LogP contribution in [0.5, 0.6) is 0 Å². The van der Waals surface area contributed by atoms with Crippen LogP contribution >= 0.6 is 0 Å². The second kappa shape index (κ2) is 5.04. The second-order valence-corrected chi connectivity index (χ2v) is 4.66. The summed E-state index contributed by atoms with van der Waals surface area (Å²) in [5.74, 6) is 0.998. The van der Waals surface area contributed by atoms with Gasteiger partial charge in [0.05, 0.1) is 0 Å². The molecule has 0 saturated carbocycles. The third kappa shape index (κ3) is 2.97. The highest BCUT2D eigenvalue weighted by Gasteiger charge is 2.06. The van der Waals surface area contributed by atoms with E-state index in [-0.39, 0.29) is 0 Å². The van der Waals surface area contributed by atoms with Crippen molar-refractivity contribution in [2.75, 3.05) is 11.1 Å². The number of nitrogens with one attached hydrogen (secondary N) is 1. The monoisotopic (exact) mass is 242 g/mol. The molecule has 0 atom stereocenters. The first kappa shape index (κ1) is 12.4. The van der Waals surface area contributed by atoms with Crippen molar-refractivity contribution in [3.05, 3.63) is 41.7 Å². The number of rotatable bonds is 3. The van der Waals surface area contributed by atoms with Crippen molar-refractivity contribution >= 4 is 17.3 Å². The first-order valence-corrected chi connectivity index (χ1v) is 6.03. The standard InChI is InChI=1S/C14H18N4/c1-9(2)13-7-10(3)16-14(18-13)17-12-6-4-5-11(15)8-12/h4-9H,15H2,1-3H3,(H,16,17,18). The van der Waals surface area contributed by atoms with E-state index < -0.39 is 0 Å². The molecule has 2 rings (SSSR count). The van der Waals surface area contributed by atoms with Crippen LogP contribution in [0.25, 0.3) is 0 Å². The lowest BCUT2D eigenvalue weighted by atomic mass is 10.1. The van der Waals surface area contributed by atoms with Crippen molar-refractivity contribution in [3.63, 3.8) is 0 Å². The van der Waals surface area contributed by atoms with Gasteiger partial charge in [0.2, 0.25) is 5.95 Å². The van der Waals surface area contributed by atoms with Gasteiger partial charge in [0.1, 0.15) is 0 Å². The Morgan fingerprint density at radius 2 is 1.94 bits per heavy atom. The van der Waals surface area contributed by atoms with Gasteiger partial charge in [0.15, 0.2) is 0 Å². The van der Waals surface area contributed by atoms with E-state index in [2.05, 4.69) is 29.1 Å². The Hall–Kier alpha value is -2.10. The van der Waals surface area contributed by atoms with Crippen molar-refractivity contribution in [1.82, 2.24) is 9.97 Å². The van der Waals surface area contributed by atoms with Crippen molar-refractivity contribution in [3.8, 4) is 0 Å². The average Bonchev–Trinajstić information content (AvgIpc) is 2.28. The average molecular weight is 242 g/mol. The fraction of sp³-hybridized carbons (Fsp3) is 0.286. The van der Waals surface area contributed by atoms with Gasteiger partial charge in [0.25, 0.3) is 0 Å². The van der Waals surface area contributed by atoms with Crippen LogP contribution in [0.4, 0.5) is 17.3 Å². The van der Waals surface area contributed by atoms with Gasteiger partial charge in [-0.25, -0.2) is 9.97 Å². The van der Waals surface area contributed by atoms with Crippen LogP contribution in [0.2, 0.25) is 0 Å². The molecule has 0 saturated heterocycles. The van der Waals surface area contributed by atoms with E-state index in [9.17, 15) is 0 Å². The molecule has 0 bridgehead atoms. The summed E-state index contributed by atoms with van der Waals surface area (Å²) in [6, 6.07) is 9.56. The number of aryl methyl sites for hydroxylation is 1. The molecular weight excluding hydrogens is 224 g/mol. The molecule has 1 aromatic heterocycles. The Morgan fingerprint density at radius 3 is 2.61 bits per heavy atom. The van der Waals surface area contributed by atoms with E-state index in [0.29, 0.717) is 11.9 Å². The van der Waals surface area contributed by atoms with Gasteiger partial charge in [-0.3, -0.25) is 0 Å². The molecule has 94 valence electrons. The molecule has 0 aliphatic heterocycles. The normalized spacial score (nSPS) is 10.7. The van der Waals surface area contributed by atoms with Crippen LogP contribution in [0.3, 0.4) is 0 Å². The highest BCUT2D eigenvalue weighted by Crippen LogP contribution is 2.19. The number of anilines is 3. The Labute approximate surface area is 107 Å². The van der Waals surface area contributed by atoms with E-state index in [1.54, 1.807) is 0 Å². The number of nitrogens with two attached hydrogens (primary N) is 1. The summed E-state index contributed by atoms with van der Waals surface area (Å²) in [4.78, 5) is 8.87. The van der Waals surface area contributed by atoms with Crippen LogP contribution < -0.4 is 11.1 Å². The van der Waals surface area contributed by atoms with Gasteiger partial charge in [0, 0.05) is 22.8 Å². The molecule has 0 aliphatic rings. The van der Waals surface area contributed by atoms with Crippen molar-refractivity contribution in [2.24, 2.45) is 0 Å². The van der Waals surface area contributed by atoms with Crippen LogP contribution in [0.1, 0.15) is 31.2 Å². The van der Waals surface area contributed by atoms with Crippen LogP contribution in [-0.2, 0) is 0 Å². The number of nitrogen functional groups attached to an aromatic ring is 1. The maximum Gasteiger partial charge on any atom is 0.227 e. The molecule has 0 amide bonds. The van der Waals surface area contributed by atoms with Gasteiger partial charge in [-0.05, 0) is 37.1 Å². The molecular formula is C14H18N4. The van der Waals surface area contributed by atoms with Crippen molar-refractivity contribution in [1.29, 1.82) is 0 Å². The van der Waals surface area contributed by atoms with Crippen LogP contribution in [0, 0.1) is 6.92 Å². The maximum atomic E-state index is 5.74. The fourth-order valence-electron chi connectivity index (χ4n) is 1.69. The van der Waals surface area contributed by atoms with Crippen molar-refractivity contribution < 1.29 is 0 Å². The fourth-order valence-corrected chi connectivity index (χ4v) is 1.69. The third-order valence-electron chi connectivity index (χ3n) is 2.61. The molecule has 4 heteroatoms. The minimum atomic E-state index is 0.382. The zero-order chi connectivity index (χ0) is 13.1. The van der Waals surface area contributed by atoms with Gasteiger partial charge in [-0.1, -0.05) is 19.9 Å². The number of hydrogen-bond donors (Lipinski definition) is 2. The van der Waals surface area contributed by atoms with Gasteiger partial charge in [-0.2, -0.15) is 0 Å². The Balaban J connectivity index is 2.29. The molecule has 2 aromatic rings. The molecule has 1 heterocycles. The second-order valence-electron chi connectivity index (χ2n) is 4.66. The summed E-state index contributed by atoms with van der Waals surface area (Å²) in [7, 11) is 0. The van der Waals surface area contributed by atoms with E-state index in [4.69, 9.17) is 5.73 Å². The maximum absolute atomic E-state index is 5.74. The lowest BCUT2D eigenvalue weighted by Crippen LogP contribution is -2.03. The summed E-state index contributed by atoms with van der Waals surface area (Å²) in [6.45, 7) is 6.20. The van der Waals surface area contributed by atoms with E-state index in [1.165, 1.54) is 0 Å². The van der Waals surface area contributed by atoms with Crippen molar-refractivity contribution in [2.45, 2.75) is 26.7 Å². The first-order chi connectivity index (χ1) is 8.54. The lowest BCUT2D eigenvalue weighted by molar-refractivity contribution is 0.812. The smallest absolute Gasteiger partial charge is 0.227 e. The molecule has 3 N–H and O–H groups in total. The van der Waals surface area contributed by atoms with E-state index in [0.717, 1.165) is 22.8 Å². The summed E-state index contributed by atoms with van der Waals surface area (Å²) in [5.41, 5.74) is 9.35. The van der Waals surface area contributed by atoms with E-state index >= 15 is 0 Å². The highest BCUT2D eigenvalue weighted by molar-refractivity contribution is 5.59. The first-order valence-electron chi connectivity index (χ1n) is 6.03. The topological polar surface area (TPSA) is 63.8 Å². The summed E-state index contributed by atoms with van der Waals surface area (Å²) < 4.78 is 0. The molecule has 0 radical (unpaired) electrons. The quantitative estimate of drug-likeness (QED) is 0.811. The summed E-state index contributed by atoms with van der Waals surface area (Å²) in [6.07, 6.45) is 0. The third-order valence-corrected chi connectivity index (χ3v) is 2.61. The Morgan fingerprint density at radius 1 is 1.17 bits per heavy atom. The van der Waals surface area contributed by atoms with Gasteiger partial charge < -0.3 is 11.1 Å². The number of benzene rings is 1. The molecule has 0 aliphatic carbocycles. The number of aromatic nitrogens is 2. The SMILES string of the molecule is Cc1cc(C(C)C)nc(Nc2cccc(N)c2)n1. The van der Waals surface area contributed by atoms with Gasteiger partial charge >= 0.3 is 0 Å². The highest BCUT2D eigenvalue weighted by atomic mass is 15.1. The molecule has 0 spiro atoms. The Bertz CT molecular complexity index is 549. The predicted octanol–water partition coefficient (Wildman–Crippen LogP) is 3.23. The van der Waals surface area contributed by atoms with Crippen LogP contribution in [0.15, 0.2) is 30.3 Å².